The van der Waals surface area contributed by atoms with Crippen molar-refractivity contribution in [3.8, 4) is 0 Å². The molecule has 0 bridgehead atoms. The SMILES string of the molecule is CC(C)c1ccc(NC(=S)N[C@H](C)c2cc3ccccc3o2)cc1. The summed E-state index contributed by atoms with van der Waals surface area (Å²) in [5.41, 5.74) is 3.19. The van der Waals surface area contributed by atoms with Crippen molar-refractivity contribution >= 4 is 34.0 Å². The molecule has 124 valence electrons. The van der Waals surface area contributed by atoms with Gasteiger partial charge in [0.15, 0.2) is 5.11 Å². The molecule has 3 nitrogen and oxygen atoms in total. The summed E-state index contributed by atoms with van der Waals surface area (Å²) in [5.74, 6) is 1.40. The van der Waals surface area contributed by atoms with Crippen LogP contribution in [0.1, 0.15) is 44.1 Å². The van der Waals surface area contributed by atoms with E-state index in [1.165, 1.54) is 5.56 Å². The van der Waals surface area contributed by atoms with Crippen LogP contribution in [0, 0.1) is 0 Å². The van der Waals surface area contributed by atoms with Crippen LogP contribution >= 0.6 is 12.2 Å². The van der Waals surface area contributed by atoms with Crippen molar-refractivity contribution in [2.45, 2.75) is 32.7 Å². The molecule has 1 atom stereocenters. The van der Waals surface area contributed by atoms with Gasteiger partial charge < -0.3 is 15.1 Å². The fourth-order valence-electron chi connectivity index (χ4n) is 2.60. The standard InChI is InChI=1S/C20H22N2OS/c1-13(2)15-8-10-17(11-9-15)22-20(24)21-14(3)19-12-16-6-4-5-7-18(16)23-19/h4-14H,1-3H3,(H2,21,22,24)/t14-/m1/s1. The molecule has 0 aliphatic carbocycles. The van der Waals surface area contributed by atoms with Gasteiger partial charge in [-0.25, -0.2) is 0 Å². The van der Waals surface area contributed by atoms with Crippen LogP contribution in [0.4, 0.5) is 5.69 Å². The molecule has 2 aromatic carbocycles. The molecule has 1 aromatic heterocycles. The number of fused-ring (bicyclic) bond motifs is 1. The van der Waals surface area contributed by atoms with Gasteiger partial charge in [-0.2, -0.15) is 0 Å². The van der Waals surface area contributed by atoms with Crippen LogP contribution in [0.15, 0.2) is 59.0 Å². The summed E-state index contributed by atoms with van der Waals surface area (Å²) < 4.78 is 5.87. The number of para-hydroxylation sites is 1. The monoisotopic (exact) mass is 338 g/mol. The molecule has 3 aromatic rings. The molecule has 24 heavy (non-hydrogen) atoms. The number of anilines is 1. The van der Waals surface area contributed by atoms with Crippen molar-refractivity contribution in [2.24, 2.45) is 0 Å². The highest BCUT2D eigenvalue weighted by Gasteiger charge is 2.12. The summed E-state index contributed by atoms with van der Waals surface area (Å²) >= 11 is 5.41. The summed E-state index contributed by atoms with van der Waals surface area (Å²) in [6.07, 6.45) is 0. The van der Waals surface area contributed by atoms with Crippen LogP contribution in [0.2, 0.25) is 0 Å². The van der Waals surface area contributed by atoms with E-state index >= 15 is 0 Å². The Kier molecular flexibility index (Phi) is 4.86. The van der Waals surface area contributed by atoms with Crippen LogP contribution in [-0.4, -0.2) is 5.11 Å². The van der Waals surface area contributed by atoms with E-state index in [-0.39, 0.29) is 6.04 Å². The first-order valence-corrected chi connectivity index (χ1v) is 8.59. The number of rotatable bonds is 4. The van der Waals surface area contributed by atoms with E-state index < -0.39 is 0 Å². The molecule has 1 heterocycles. The smallest absolute Gasteiger partial charge is 0.171 e. The summed E-state index contributed by atoms with van der Waals surface area (Å²) in [5, 5.41) is 8.18. The quantitative estimate of drug-likeness (QED) is 0.607. The third kappa shape index (κ3) is 3.77. The van der Waals surface area contributed by atoms with Gasteiger partial charge in [-0.05, 0) is 54.9 Å². The molecular formula is C20H22N2OS. The first-order valence-electron chi connectivity index (χ1n) is 8.19. The normalized spacial score (nSPS) is 12.3. The van der Waals surface area contributed by atoms with Crippen LogP contribution in [0.25, 0.3) is 11.0 Å². The Bertz CT molecular complexity index is 803. The lowest BCUT2D eigenvalue weighted by molar-refractivity contribution is 0.493. The van der Waals surface area contributed by atoms with Gasteiger partial charge >= 0.3 is 0 Å². The molecular weight excluding hydrogens is 316 g/mol. The fourth-order valence-corrected chi connectivity index (χ4v) is 2.90. The Morgan fingerprint density at radius 2 is 1.71 bits per heavy atom. The van der Waals surface area contributed by atoms with E-state index in [9.17, 15) is 0 Å². The lowest BCUT2D eigenvalue weighted by Crippen LogP contribution is -2.30. The zero-order chi connectivity index (χ0) is 17.1. The van der Waals surface area contributed by atoms with Gasteiger partial charge in [-0.15, -0.1) is 0 Å². The highest BCUT2D eigenvalue weighted by Crippen LogP contribution is 2.23. The second-order valence-corrected chi connectivity index (χ2v) is 6.69. The highest BCUT2D eigenvalue weighted by atomic mass is 32.1. The summed E-state index contributed by atoms with van der Waals surface area (Å²) in [7, 11) is 0. The van der Waals surface area contributed by atoms with Crippen molar-refractivity contribution in [1.82, 2.24) is 5.32 Å². The number of hydrogen-bond acceptors (Lipinski definition) is 2. The molecule has 0 spiro atoms. The fraction of sp³-hybridized carbons (Fsp3) is 0.250. The molecule has 3 rings (SSSR count). The minimum atomic E-state index is -0.00710. The topological polar surface area (TPSA) is 37.2 Å². The maximum absolute atomic E-state index is 5.87. The predicted molar refractivity (Wildman–Crippen MR) is 105 cm³/mol. The number of furan rings is 1. The number of thiocarbonyl (C=S) groups is 1. The molecule has 0 radical (unpaired) electrons. The summed E-state index contributed by atoms with van der Waals surface area (Å²) in [6, 6.07) is 18.4. The van der Waals surface area contributed by atoms with Crippen LogP contribution < -0.4 is 10.6 Å². The first kappa shape index (κ1) is 16.5. The predicted octanol–water partition coefficient (Wildman–Crippen LogP) is 5.60. The zero-order valence-corrected chi connectivity index (χ0v) is 15.0. The second-order valence-electron chi connectivity index (χ2n) is 6.28. The van der Waals surface area contributed by atoms with Gasteiger partial charge in [0.25, 0.3) is 0 Å². The Morgan fingerprint density at radius 3 is 2.38 bits per heavy atom. The highest BCUT2D eigenvalue weighted by molar-refractivity contribution is 7.80. The lowest BCUT2D eigenvalue weighted by atomic mass is 10.0. The third-order valence-corrected chi connectivity index (χ3v) is 4.27. The Morgan fingerprint density at radius 1 is 1.00 bits per heavy atom. The van der Waals surface area contributed by atoms with Crippen LogP contribution in [0.5, 0.6) is 0 Å². The Balaban J connectivity index is 1.63. The van der Waals surface area contributed by atoms with E-state index in [0.717, 1.165) is 22.4 Å². The van der Waals surface area contributed by atoms with E-state index in [4.69, 9.17) is 16.6 Å². The van der Waals surface area contributed by atoms with Crippen molar-refractivity contribution in [2.75, 3.05) is 5.32 Å². The zero-order valence-electron chi connectivity index (χ0n) is 14.2. The Labute approximate surface area is 148 Å². The number of nitrogens with one attached hydrogen (secondary N) is 2. The molecule has 0 aliphatic heterocycles. The molecule has 2 N–H and O–H groups in total. The molecule has 0 fully saturated rings. The van der Waals surface area contributed by atoms with E-state index in [0.29, 0.717) is 11.0 Å². The lowest BCUT2D eigenvalue weighted by Gasteiger charge is -2.15. The molecule has 0 amide bonds. The van der Waals surface area contributed by atoms with Crippen molar-refractivity contribution < 1.29 is 4.42 Å². The molecule has 0 aliphatic rings. The second kappa shape index (κ2) is 7.05. The molecule has 4 heteroatoms. The van der Waals surface area contributed by atoms with Gasteiger partial charge in [-0.1, -0.05) is 44.2 Å². The maximum Gasteiger partial charge on any atom is 0.171 e. The summed E-state index contributed by atoms with van der Waals surface area (Å²) in [6.45, 7) is 6.40. The number of benzene rings is 2. The van der Waals surface area contributed by atoms with E-state index in [1.807, 2.05) is 37.3 Å². The third-order valence-electron chi connectivity index (χ3n) is 4.05. The average molecular weight is 338 g/mol. The maximum atomic E-state index is 5.87. The van der Waals surface area contributed by atoms with Crippen LogP contribution in [-0.2, 0) is 0 Å². The van der Waals surface area contributed by atoms with Gasteiger partial charge in [0.2, 0.25) is 0 Å². The minimum absolute atomic E-state index is 0.00710. The first-order chi connectivity index (χ1) is 11.5. The van der Waals surface area contributed by atoms with Gasteiger partial charge in [0.05, 0.1) is 6.04 Å². The largest absolute Gasteiger partial charge is 0.459 e. The molecule has 0 unspecified atom stereocenters. The van der Waals surface area contributed by atoms with Crippen molar-refractivity contribution in [1.29, 1.82) is 0 Å². The Hall–Kier alpha value is -2.33. The van der Waals surface area contributed by atoms with Gasteiger partial charge in [0.1, 0.15) is 11.3 Å². The van der Waals surface area contributed by atoms with Gasteiger partial charge in [-0.3, -0.25) is 0 Å². The minimum Gasteiger partial charge on any atom is -0.459 e. The molecule has 0 saturated carbocycles. The average Bonchev–Trinajstić information content (AvgIpc) is 2.99. The summed E-state index contributed by atoms with van der Waals surface area (Å²) in [4.78, 5) is 0. The van der Waals surface area contributed by atoms with Crippen molar-refractivity contribution in [3.05, 3.63) is 65.9 Å². The molecule has 0 saturated heterocycles. The van der Waals surface area contributed by atoms with E-state index in [2.05, 4.69) is 48.7 Å². The van der Waals surface area contributed by atoms with Crippen LogP contribution in [0.3, 0.4) is 0 Å². The van der Waals surface area contributed by atoms with Gasteiger partial charge in [0, 0.05) is 11.1 Å². The van der Waals surface area contributed by atoms with Crippen molar-refractivity contribution in [3.63, 3.8) is 0 Å². The van der Waals surface area contributed by atoms with E-state index in [1.54, 1.807) is 0 Å². The number of hydrogen-bond donors (Lipinski definition) is 2.